The summed E-state index contributed by atoms with van der Waals surface area (Å²) in [5.41, 5.74) is 3.79. The minimum absolute atomic E-state index is 0.181. The highest BCUT2D eigenvalue weighted by molar-refractivity contribution is 5.25. The van der Waals surface area contributed by atoms with E-state index in [1.54, 1.807) is 0 Å². The first kappa shape index (κ1) is 16.1. The molecule has 108 valence electrons. The number of nitrogens with zero attached hydrogens (tertiary/aromatic N) is 2. The van der Waals surface area contributed by atoms with Crippen molar-refractivity contribution in [1.29, 1.82) is 0 Å². The van der Waals surface area contributed by atoms with Crippen molar-refractivity contribution < 1.29 is 0 Å². The van der Waals surface area contributed by atoms with Gasteiger partial charge in [-0.2, -0.15) is 0 Å². The van der Waals surface area contributed by atoms with Gasteiger partial charge >= 0.3 is 0 Å². The third kappa shape index (κ3) is 5.27. The van der Waals surface area contributed by atoms with E-state index in [-0.39, 0.29) is 5.54 Å². The lowest BCUT2D eigenvalue weighted by Gasteiger charge is -2.24. The summed E-state index contributed by atoms with van der Waals surface area (Å²) in [6.07, 6.45) is 1.95. The van der Waals surface area contributed by atoms with Gasteiger partial charge in [0.25, 0.3) is 0 Å². The molecule has 0 amide bonds. The Kier molecular flexibility index (Phi) is 5.48. The lowest BCUT2D eigenvalue weighted by Crippen LogP contribution is -2.39. The molecule has 1 aromatic rings. The summed E-state index contributed by atoms with van der Waals surface area (Å²) in [5, 5.41) is 3.56. The van der Waals surface area contributed by atoms with E-state index in [1.807, 2.05) is 0 Å². The van der Waals surface area contributed by atoms with Crippen LogP contribution in [-0.4, -0.2) is 22.1 Å². The van der Waals surface area contributed by atoms with Gasteiger partial charge in [0, 0.05) is 23.3 Å². The fourth-order valence-electron chi connectivity index (χ4n) is 2.16. The smallest absolute Gasteiger partial charge is 0.128 e. The second kappa shape index (κ2) is 6.47. The van der Waals surface area contributed by atoms with Crippen molar-refractivity contribution in [2.75, 3.05) is 6.54 Å². The normalized spacial score (nSPS) is 13.6. The number of hydrogen-bond donors (Lipinski definition) is 1. The third-order valence-corrected chi connectivity index (χ3v) is 3.32. The van der Waals surface area contributed by atoms with E-state index in [4.69, 9.17) is 0 Å². The van der Waals surface area contributed by atoms with Gasteiger partial charge in [-0.05, 0) is 59.1 Å². The molecule has 0 saturated heterocycles. The van der Waals surface area contributed by atoms with Gasteiger partial charge in [0.2, 0.25) is 0 Å². The van der Waals surface area contributed by atoms with Crippen molar-refractivity contribution in [2.24, 2.45) is 5.92 Å². The summed E-state index contributed by atoms with van der Waals surface area (Å²) in [6.45, 7) is 16.2. The molecule has 1 heterocycles. The number of hydrogen-bond acceptors (Lipinski definition) is 3. The van der Waals surface area contributed by atoms with Gasteiger partial charge in [-0.15, -0.1) is 0 Å². The molecule has 1 atom stereocenters. The van der Waals surface area contributed by atoms with Crippen molar-refractivity contribution >= 4 is 0 Å². The summed E-state index contributed by atoms with van der Waals surface area (Å²) in [7, 11) is 0. The summed E-state index contributed by atoms with van der Waals surface area (Å²) < 4.78 is 0. The topological polar surface area (TPSA) is 37.8 Å². The van der Waals surface area contributed by atoms with Crippen molar-refractivity contribution in [3.63, 3.8) is 0 Å². The number of nitrogens with one attached hydrogen (secondary N) is 1. The molecule has 0 saturated carbocycles. The molecule has 0 aliphatic rings. The Balaban J connectivity index is 2.71. The Bertz CT molecular complexity index is 395. The van der Waals surface area contributed by atoms with Crippen molar-refractivity contribution in [1.82, 2.24) is 15.3 Å². The van der Waals surface area contributed by atoms with Crippen molar-refractivity contribution in [3.8, 4) is 0 Å². The maximum Gasteiger partial charge on any atom is 0.128 e. The molecule has 0 bridgehead atoms. The highest BCUT2D eigenvalue weighted by atomic mass is 14.9. The van der Waals surface area contributed by atoms with Crippen LogP contribution in [0.4, 0.5) is 0 Å². The minimum Gasteiger partial charge on any atom is -0.312 e. The average molecular weight is 263 g/mol. The predicted octanol–water partition coefficient (Wildman–Crippen LogP) is 3.22. The monoisotopic (exact) mass is 263 g/mol. The lowest BCUT2D eigenvalue weighted by atomic mass is 9.97. The van der Waals surface area contributed by atoms with Gasteiger partial charge in [-0.25, -0.2) is 9.97 Å². The maximum absolute atomic E-state index is 4.58. The first-order valence-electron chi connectivity index (χ1n) is 7.31. The molecule has 0 aliphatic heterocycles. The van der Waals surface area contributed by atoms with Crippen LogP contribution in [0.2, 0.25) is 0 Å². The number of rotatable bonds is 5. The van der Waals surface area contributed by atoms with Crippen LogP contribution < -0.4 is 5.32 Å². The van der Waals surface area contributed by atoms with Gasteiger partial charge in [-0.1, -0.05) is 13.8 Å². The molecule has 1 unspecified atom stereocenters. The van der Waals surface area contributed by atoms with Gasteiger partial charge in [0.1, 0.15) is 5.82 Å². The second-order valence-electron chi connectivity index (χ2n) is 6.58. The lowest BCUT2D eigenvalue weighted by molar-refractivity contribution is 0.381. The molecule has 0 aliphatic carbocycles. The highest BCUT2D eigenvalue weighted by Crippen LogP contribution is 2.16. The zero-order valence-corrected chi connectivity index (χ0v) is 13.6. The third-order valence-electron chi connectivity index (χ3n) is 3.32. The van der Waals surface area contributed by atoms with E-state index in [9.17, 15) is 0 Å². The van der Waals surface area contributed by atoms with Crippen LogP contribution in [0.5, 0.6) is 0 Å². The molecule has 0 fully saturated rings. The van der Waals surface area contributed by atoms with Gasteiger partial charge in [0.05, 0.1) is 0 Å². The average Bonchev–Trinajstić information content (AvgIpc) is 2.30. The SMILES string of the molecule is CCc1nc(C)c(CC(C)CNC(C)(C)C)c(C)n1. The summed E-state index contributed by atoms with van der Waals surface area (Å²) in [4.78, 5) is 9.17. The Morgan fingerprint density at radius 3 is 2.05 bits per heavy atom. The molecule has 1 rings (SSSR count). The summed E-state index contributed by atoms with van der Waals surface area (Å²) in [6, 6.07) is 0. The van der Waals surface area contributed by atoms with Crippen LogP contribution >= 0.6 is 0 Å². The Morgan fingerprint density at radius 2 is 1.63 bits per heavy atom. The molecule has 1 aromatic heterocycles. The molecule has 0 radical (unpaired) electrons. The molecular weight excluding hydrogens is 234 g/mol. The van der Waals surface area contributed by atoms with Gasteiger partial charge < -0.3 is 5.32 Å². The molecule has 0 spiro atoms. The van der Waals surface area contributed by atoms with Crippen LogP contribution in [0.1, 0.15) is 57.4 Å². The van der Waals surface area contributed by atoms with Crippen LogP contribution in [0, 0.1) is 19.8 Å². The van der Waals surface area contributed by atoms with E-state index < -0.39 is 0 Å². The van der Waals surface area contributed by atoms with Crippen molar-refractivity contribution in [3.05, 3.63) is 22.8 Å². The Labute approximate surface area is 118 Å². The second-order valence-corrected chi connectivity index (χ2v) is 6.58. The largest absolute Gasteiger partial charge is 0.312 e. The first-order chi connectivity index (χ1) is 8.73. The molecule has 3 nitrogen and oxygen atoms in total. The van der Waals surface area contributed by atoms with Gasteiger partial charge in [-0.3, -0.25) is 0 Å². The molecule has 3 heteroatoms. The molecule has 0 aromatic carbocycles. The van der Waals surface area contributed by atoms with Crippen LogP contribution in [-0.2, 0) is 12.8 Å². The molecule has 19 heavy (non-hydrogen) atoms. The van der Waals surface area contributed by atoms with E-state index in [0.29, 0.717) is 5.92 Å². The standard InChI is InChI=1S/C16H29N3/c1-8-15-18-12(3)14(13(4)19-15)9-11(2)10-17-16(5,6)7/h11,17H,8-10H2,1-7H3. The summed E-state index contributed by atoms with van der Waals surface area (Å²) in [5.74, 6) is 1.55. The fourth-order valence-corrected chi connectivity index (χ4v) is 2.16. The number of aryl methyl sites for hydroxylation is 3. The van der Waals surface area contributed by atoms with Crippen LogP contribution in [0.3, 0.4) is 0 Å². The fraction of sp³-hybridized carbons (Fsp3) is 0.750. The zero-order chi connectivity index (χ0) is 14.6. The zero-order valence-electron chi connectivity index (χ0n) is 13.6. The Morgan fingerprint density at radius 1 is 1.11 bits per heavy atom. The number of aromatic nitrogens is 2. The van der Waals surface area contributed by atoms with E-state index >= 15 is 0 Å². The van der Waals surface area contributed by atoms with Crippen molar-refractivity contribution in [2.45, 2.75) is 66.8 Å². The maximum atomic E-state index is 4.58. The van der Waals surface area contributed by atoms with E-state index in [0.717, 1.165) is 36.6 Å². The van der Waals surface area contributed by atoms with E-state index in [1.165, 1.54) is 5.56 Å². The van der Waals surface area contributed by atoms with Crippen LogP contribution in [0.15, 0.2) is 0 Å². The molecule has 1 N–H and O–H groups in total. The van der Waals surface area contributed by atoms with Crippen LogP contribution in [0.25, 0.3) is 0 Å². The highest BCUT2D eigenvalue weighted by Gasteiger charge is 2.14. The first-order valence-corrected chi connectivity index (χ1v) is 7.31. The van der Waals surface area contributed by atoms with Gasteiger partial charge in [0.15, 0.2) is 0 Å². The molecular formula is C16H29N3. The Hall–Kier alpha value is -0.960. The minimum atomic E-state index is 0.181. The quantitative estimate of drug-likeness (QED) is 0.886. The summed E-state index contributed by atoms with van der Waals surface area (Å²) >= 11 is 0. The van der Waals surface area contributed by atoms with E-state index in [2.05, 4.69) is 63.8 Å². The predicted molar refractivity (Wildman–Crippen MR) is 81.5 cm³/mol.